The molecule has 242 valence electrons. The van der Waals surface area contributed by atoms with Crippen LogP contribution in [0.4, 0.5) is 17.6 Å². The SMILES string of the molecule is COc1cc(C(=O)NCC(CO)(CC(F)(F)F)c2cc3c(c(-c4ccc(F)cc4)n2)OC[C@]3(C)C(N)=O)cc2[nH]c(C3CC3)nc12. The number of amides is 2. The molecule has 5 N–H and O–H groups in total. The molecule has 0 saturated heterocycles. The van der Waals surface area contributed by atoms with Gasteiger partial charge in [0, 0.05) is 29.2 Å². The lowest BCUT2D eigenvalue weighted by Crippen LogP contribution is -2.47. The number of methoxy groups -OCH3 is 1. The van der Waals surface area contributed by atoms with Crippen LogP contribution in [0.2, 0.25) is 0 Å². The molecule has 1 fully saturated rings. The molecule has 2 aromatic heterocycles. The van der Waals surface area contributed by atoms with Gasteiger partial charge in [-0.25, -0.2) is 14.4 Å². The van der Waals surface area contributed by atoms with Gasteiger partial charge in [-0.3, -0.25) is 9.59 Å². The average Bonchev–Trinajstić information content (AvgIpc) is 3.69. The molecule has 0 bridgehead atoms. The van der Waals surface area contributed by atoms with Crippen molar-refractivity contribution in [1.82, 2.24) is 20.3 Å². The van der Waals surface area contributed by atoms with Crippen LogP contribution in [0.15, 0.2) is 42.5 Å². The lowest BCUT2D eigenvalue weighted by Gasteiger charge is -2.33. The second-order valence-corrected chi connectivity index (χ2v) is 12.1. The maximum atomic E-state index is 14.2. The summed E-state index contributed by atoms with van der Waals surface area (Å²) in [7, 11) is 1.42. The molecule has 0 radical (unpaired) electrons. The number of imidazole rings is 1. The molecule has 10 nitrogen and oxygen atoms in total. The number of aromatic nitrogens is 3. The highest BCUT2D eigenvalue weighted by Crippen LogP contribution is 2.47. The second-order valence-electron chi connectivity index (χ2n) is 12.1. The summed E-state index contributed by atoms with van der Waals surface area (Å²) in [6.07, 6.45) is -4.41. The van der Waals surface area contributed by atoms with E-state index in [1.807, 2.05) is 0 Å². The molecule has 2 atom stereocenters. The zero-order chi connectivity index (χ0) is 33.0. The first kappa shape index (κ1) is 31.3. The van der Waals surface area contributed by atoms with Gasteiger partial charge in [-0.15, -0.1) is 0 Å². The normalized spacial score (nSPS) is 18.9. The highest BCUT2D eigenvalue weighted by Gasteiger charge is 2.49. The number of carbonyl (C=O) groups excluding carboxylic acids is 2. The van der Waals surface area contributed by atoms with Gasteiger partial charge < -0.3 is 30.6 Å². The van der Waals surface area contributed by atoms with Crippen LogP contribution in [0.3, 0.4) is 0 Å². The molecular weight excluding hydrogens is 610 g/mol. The minimum atomic E-state index is -4.81. The van der Waals surface area contributed by atoms with Crippen molar-refractivity contribution in [2.75, 3.05) is 26.9 Å². The van der Waals surface area contributed by atoms with Gasteiger partial charge in [-0.1, -0.05) is 0 Å². The van der Waals surface area contributed by atoms with Gasteiger partial charge >= 0.3 is 6.18 Å². The molecule has 2 amide bonds. The number of nitrogens with two attached hydrogens (primary N) is 1. The van der Waals surface area contributed by atoms with E-state index in [0.717, 1.165) is 30.8 Å². The summed E-state index contributed by atoms with van der Waals surface area (Å²) in [4.78, 5) is 38.3. The molecule has 1 aliphatic carbocycles. The smallest absolute Gasteiger partial charge is 0.390 e. The summed E-state index contributed by atoms with van der Waals surface area (Å²) < 4.78 is 67.7. The number of carbonyl (C=O) groups is 2. The standard InChI is InChI=1S/C32H31F4N5O5/c1-30(29(37)44)15-46-26-20(30)11-23(40-24(26)16-5-7-19(33)8-6-16)31(14-42,12-32(34,35)36)13-38-28(43)18-9-21-25(22(10-18)45-2)41-27(39-21)17-3-4-17/h5-11,17,42H,3-4,12-15H2,1-2H3,(H2,37,44)(H,38,43)(H,39,41)/t30-,31?/m0/s1. The van der Waals surface area contributed by atoms with E-state index >= 15 is 0 Å². The molecule has 1 unspecified atom stereocenters. The third-order valence-electron chi connectivity index (χ3n) is 8.72. The Hall–Kier alpha value is -4.72. The van der Waals surface area contributed by atoms with Crippen LogP contribution < -0.4 is 20.5 Å². The summed E-state index contributed by atoms with van der Waals surface area (Å²) in [6.45, 7) is -0.497. The minimum Gasteiger partial charge on any atom is -0.494 e. The zero-order valence-electron chi connectivity index (χ0n) is 24.9. The van der Waals surface area contributed by atoms with Crippen LogP contribution >= 0.6 is 0 Å². The number of rotatable bonds is 10. The van der Waals surface area contributed by atoms with Crippen LogP contribution in [0, 0.1) is 5.82 Å². The van der Waals surface area contributed by atoms with Crippen molar-refractivity contribution in [3.63, 3.8) is 0 Å². The number of ether oxygens (including phenoxy) is 2. The van der Waals surface area contributed by atoms with E-state index in [1.165, 1.54) is 44.4 Å². The van der Waals surface area contributed by atoms with Gasteiger partial charge in [-0.2, -0.15) is 13.2 Å². The molecule has 3 heterocycles. The number of alkyl halides is 3. The Kier molecular flexibility index (Phi) is 7.66. The van der Waals surface area contributed by atoms with E-state index in [9.17, 15) is 32.3 Å². The monoisotopic (exact) mass is 641 g/mol. The van der Waals surface area contributed by atoms with Gasteiger partial charge in [0.15, 0.2) is 0 Å². The van der Waals surface area contributed by atoms with Crippen molar-refractivity contribution in [1.29, 1.82) is 0 Å². The molecule has 46 heavy (non-hydrogen) atoms. The molecule has 4 aromatic rings. The Balaban J connectivity index is 1.42. The molecule has 2 aromatic carbocycles. The van der Waals surface area contributed by atoms with Crippen LogP contribution in [-0.4, -0.2) is 64.9 Å². The van der Waals surface area contributed by atoms with Gasteiger partial charge in [0.1, 0.15) is 46.4 Å². The van der Waals surface area contributed by atoms with Gasteiger partial charge in [-0.05, 0) is 62.2 Å². The Morgan fingerprint density at radius 1 is 1.17 bits per heavy atom. The van der Waals surface area contributed by atoms with Crippen molar-refractivity contribution in [3.05, 3.63) is 70.9 Å². The molecular formula is C32H31F4N5O5. The second kappa shape index (κ2) is 11.3. The first-order valence-corrected chi connectivity index (χ1v) is 14.5. The van der Waals surface area contributed by atoms with E-state index in [1.54, 1.807) is 0 Å². The zero-order valence-corrected chi connectivity index (χ0v) is 24.9. The van der Waals surface area contributed by atoms with Crippen LogP contribution in [0.25, 0.3) is 22.3 Å². The van der Waals surface area contributed by atoms with E-state index in [-0.39, 0.29) is 34.9 Å². The highest BCUT2D eigenvalue weighted by atomic mass is 19.4. The summed E-state index contributed by atoms with van der Waals surface area (Å²) >= 11 is 0. The van der Waals surface area contributed by atoms with Gasteiger partial charge in [0.05, 0.1) is 36.8 Å². The highest BCUT2D eigenvalue weighted by molar-refractivity contribution is 5.99. The largest absolute Gasteiger partial charge is 0.494 e. The molecule has 1 aliphatic heterocycles. The summed E-state index contributed by atoms with van der Waals surface area (Å²) in [5.41, 5.74) is 3.43. The number of primary amides is 1. The van der Waals surface area contributed by atoms with E-state index in [2.05, 4.69) is 20.3 Å². The fourth-order valence-corrected chi connectivity index (χ4v) is 5.78. The van der Waals surface area contributed by atoms with Crippen molar-refractivity contribution < 1.29 is 41.7 Å². The number of aromatic amines is 1. The van der Waals surface area contributed by atoms with Crippen molar-refractivity contribution in [2.45, 2.75) is 49.1 Å². The van der Waals surface area contributed by atoms with Crippen LogP contribution in [-0.2, 0) is 15.6 Å². The maximum Gasteiger partial charge on any atom is 0.390 e. The van der Waals surface area contributed by atoms with Crippen LogP contribution in [0.1, 0.15) is 59.5 Å². The third-order valence-corrected chi connectivity index (χ3v) is 8.72. The lowest BCUT2D eigenvalue weighted by atomic mass is 9.77. The van der Waals surface area contributed by atoms with E-state index < -0.39 is 54.2 Å². The summed E-state index contributed by atoms with van der Waals surface area (Å²) in [5.74, 6) is -0.606. The quantitative estimate of drug-likeness (QED) is 0.187. The number of fused-ring (bicyclic) bond motifs is 2. The summed E-state index contributed by atoms with van der Waals surface area (Å²) in [6, 6.07) is 9.25. The van der Waals surface area contributed by atoms with Gasteiger partial charge in [0.2, 0.25) is 5.91 Å². The molecule has 14 heteroatoms. The molecule has 0 spiro atoms. The van der Waals surface area contributed by atoms with Crippen molar-refractivity contribution in [3.8, 4) is 22.8 Å². The number of pyridine rings is 1. The Bertz CT molecular complexity index is 1840. The minimum absolute atomic E-state index is 0.0321. The number of aliphatic hydroxyl groups is 1. The summed E-state index contributed by atoms with van der Waals surface area (Å²) in [5, 5.41) is 13.2. The number of hydrogen-bond donors (Lipinski definition) is 4. The Labute approximate surface area is 260 Å². The Morgan fingerprint density at radius 3 is 2.50 bits per heavy atom. The molecule has 1 saturated carbocycles. The number of nitrogens with one attached hydrogen (secondary N) is 2. The first-order chi connectivity index (χ1) is 21.8. The van der Waals surface area contributed by atoms with Crippen LogP contribution in [0.5, 0.6) is 11.5 Å². The molecule has 6 rings (SSSR count). The number of aliphatic hydroxyl groups excluding tert-OH is 1. The van der Waals surface area contributed by atoms with Gasteiger partial charge in [0.25, 0.3) is 5.91 Å². The first-order valence-electron chi connectivity index (χ1n) is 14.5. The van der Waals surface area contributed by atoms with Crippen molar-refractivity contribution >= 4 is 22.8 Å². The van der Waals surface area contributed by atoms with E-state index in [4.69, 9.17) is 15.2 Å². The fraction of sp³-hybridized carbons (Fsp3) is 0.375. The fourth-order valence-electron chi connectivity index (χ4n) is 5.78. The predicted molar refractivity (Wildman–Crippen MR) is 158 cm³/mol. The topological polar surface area (TPSA) is 152 Å². The number of benzene rings is 2. The van der Waals surface area contributed by atoms with Crippen molar-refractivity contribution in [2.24, 2.45) is 5.73 Å². The maximum absolute atomic E-state index is 14.2. The number of hydrogen-bond acceptors (Lipinski definition) is 7. The number of nitrogens with zero attached hydrogens (tertiary/aromatic N) is 2. The van der Waals surface area contributed by atoms with E-state index in [0.29, 0.717) is 28.3 Å². The predicted octanol–water partition coefficient (Wildman–Crippen LogP) is 4.40. The molecule has 2 aliphatic rings. The average molecular weight is 642 g/mol. The third kappa shape index (κ3) is 5.61. The number of H-pyrrole nitrogens is 1. The lowest BCUT2D eigenvalue weighted by molar-refractivity contribution is -0.152. The Morgan fingerprint density at radius 2 is 1.89 bits per heavy atom. The number of halogens is 4.